The summed E-state index contributed by atoms with van der Waals surface area (Å²) in [6, 6.07) is 3.51. The SMILES string of the molecule is Cc1nc(-c2ccc(Cl)s2)nc(Cl)c1F. The van der Waals surface area contributed by atoms with Crippen molar-refractivity contribution in [2.75, 3.05) is 0 Å². The summed E-state index contributed by atoms with van der Waals surface area (Å²) >= 11 is 12.7. The van der Waals surface area contributed by atoms with Crippen LogP contribution in [0.25, 0.3) is 10.7 Å². The Labute approximate surface area is 99.7 Å². The van der Waals surface area contributed by atoms with Crippen molar-refractivity contribution in [3.05, 3.63) is 33.1 Å². The lowest BCUT2D eigenvalue weighted by Gasteiger charge is -2.01. The maximum atomic E-state index is 13.2. The fourth-order valence-electron chi connectivity index (χ4n) is 1.07. The van der Waals surface area contributed by atoms with Gasteiger partial charge in [0.05, 0.1) is 14.9 Å². The first kappa shape index (κ1) is 10.8. The molecule has 0 saturated carbocycles. The van der Waals surface area contributed by atoms with Crippen LogP contribution in [0.3, 0.4) is 0 Å². The molecule has 2 rings (SSSR count). The fraction of sp³-hybridized carbons (Fsp3) is 0.111. The molecule has 0 radical (unpaired) electrons. The zero-order chi connectivity index (χ0) is 11.0. The van der Waals surface area contributed by atoms with Crippen molar-refractivity contribution >= 4 is 34.5 Å². The van der Waals surface area contributed by atoms with Crippen LogP contribution in [0.2, 0.25) is 9.49 Å². The maximum absolute atomic E-state index is 13.2. The number of hydrogen-bond donors (Lipinski definition) is 0. The second-order valence-corrected chi connectivity index (χ2v) is 4.91. The summed E-state index contributed by atoms with van der Waals surface area (Å²) in [7, 11) is 0. The molecule has 0 unspecified atom stereocenters. The van der Waals surface area contributed by atoms with Crippen LogP contribution in [-0.2, 0) is 0 Å². The Bertz CT molecular complexity index is 490. The number of halogens is 3. The second-order valence-electron chi connectivity index (χ2n) is 2.84. The van der Waals surface area contributed by atoms with Gasteiger partial charge in [-0.25, -0.2) is 14.4 Å². The third-order valence-corrected chi connectivity index (χ3v) is 3.25. The minimum absolute atomic E-state index is 0.165. The topological polar surface area (TPSA) is 25.8 Å². The summed E-state index contributed by atoms with van der Waals surface area (Å²) in [6.45, 7) is 1.54. The fourth-order valence-corrected chi connectivity index (χ4v) is 2.26. The molecule has 0 saturated heterocycles. The number of nitrogens with zero attached hydrogens (tertiary/aromatic N) is 2. The molecule has 0 atom stereocenters. The van der Waals surface area contributed by atoms with Gasteiger partial charge in [0.2, 0.25) is 0 Å². The Morgan fingerprint density at radius 3 is 2.53 bits per heavy atom. The van der Waals surface area contributed by atoms with Gasteiger partial charge in [0.15, 0.2) is 16.8 Å². The molecule has 0 aliphatic rings. The molecule has 0 aliphatic heterocycles. The van der Waals surface area contributed by atoms with E-state index in [1.54, 1.807) is 19.1 Å². The third kappa shape index (κ3) is 2.12. The third-order valence-electron chi connectivity index (χ3n) is 1.77. The summed E-state index contributed by atoms with van der Waals surface area (Å²) < 4.78 is 13.8. The zero-order valence-corrected chi connectivity index (χ0v) is 9.92. The minimum Gasteiger partial charge on any atom is -0.229 e. The van der Waals surface area contributed by atoms with E-state index in [2.05, 4.69) is 9.97 Å². The van der Waals surface area contributed by atoms with Crippen molar-refractivity contribution in [1.29, 1.82) is 0 Å². The lowest BCUT2D eigenvalue weighted by molar-refractivity contribution is 0.603. The van der Waals surface area contributed by atoms with Crippen LogP contribution in [0.15, 0.2) is 12.1 Å². The quantitative estimate of drug-likeness (QED) is 0.728. The summed E-state index contributed by atoms with van der Waals surface area (Å²) in [5.74, 6) is -0.182. The van der Waals surface area contributed by atoms with E-state index in [9.17, 15) is 4.39 Å². The molecule has 2 aromatic rings. The van der Waals surface area contributed by atoms with E-state index in [4.69, 9.17) is 23.2 Å². The van der Waals surface area contributed by atoms with Crippen LogP contribution in [0.4, 0.5) is 4.39 Å². The van der Waals surface area contributed by atoms with Crippen LogP contribution in [-0.4, -0.2) is 9.97 Å². The van der Waals surface area contributed by atoms with Crippen LogP contribution in [0.5, 0.6) is 0 Å². The Kier molecular flexibility index (Phi) is 2.91. The van der Waals surface area contributed by atoms with E-state index in [-0.39, 0.29) is 10.8 Å². The molecule has 0 N–H and O–H groups in total. The molecule has 0 aliphatic carbocycles. The van der Waals surface area contributed by atoms with Crippen LogP contribution >= 0.6 is 34.5 Å². The standard InChI is InChI=1S/C9H5Cl2FN2S/c1-4-7(12)8(11)14-9(13-4)5-2-3-6(10)15-5/h2-3H,1H3. The predicted octanol–water partition coefficient (Wildman–Crippen LogP) is 3.96. The molecule has 6 heteroatoms. The van der Waals surface area contributed by atoms with Crippen LogP contribution in [0, 0.1) is 12.7 Å². The zero-order valence-electron chi connectivity index (χ0n) is 7.59. The Balaban J connectivity index is 2.55. The lowest BCUT2D eigenvalue weighted by atomic mass is 10.4. The first-order valence-electron chi connectivity index (χ1n) is 4.03. The molecular weight excluding hydrogens is 258 g/mol. The van der Waals surface area contributed by atoms with Crippen molar-refractivity contribution in [1.82, 2.24) is 9.97 Å². The van der Waals surface area contributed by atoms with Crippen LogP contribution in [0.1, 0.15) is 5.69 Å². The molecule has 0 fully saturated rings. The van der Waals surface area contributed by atoms with Gasteiger partial charge in [0.25, 0.3) is 0 Å². The molecule has 78 valence electrons. The van der Waals surface area contributed by atoms with E-state index < -0.39 is 5.82 Å². The van der Waals surface area contributed by atoms with Crippen molar-refractivity contribution in [2.45, 2.75) is 6.92 Å². The summed E-state index contributed by atoms with van der Waals surface area (Å²) in [4.78, 5) is 8.62. The number of hydrogen-bond acceptors (Lipinski definition) is 3. The first-order chi connectivity index (χ1) is 7.08. The number of aryl methyl sites for hydroxylation is 1. The van der Waals surface area contributed by atoms with E-state index in [0.29, 0.717) is 10.2 Å². The van der Waals surface area contributed by atoms with Gasteiger partial charge in [-0.1, -0.05) is 23.2 Å². The highest BCUT2D eigenvalue weighted by atomic mass is 35.5. The Morgan fingerprint density at radius 1 is 1.27 bits per heavy atom. The summed E-state index contributed by atoms with van der Waals surface area (Å²) in [5.41, 5.74) is 0.231. The Hall–Kier alpha value is -0.710. The maximum Gasteiger partial charge on any atom is 0.181 e. The lowest BCUT2D eigenvalue weighted by Crippen LogP contribution is -1.96. The van der Waals surface area contributed by atoms with Crippen molar-refractivity contribution in [3.63, 3.8) is 0 Å². The van der Waals surface area contributed by atoms with Crippen molar-refractivity contribution in [2.24, 2.45) is 0 Å². The number of rotatable bonds is 1. The van der Waals surface area contributed by atoms with Gasteiger partial charge in [-0.05, 0) is 19.1 Å². The van der Waals surface area contributed by atoms with Gasteiger partial charge in [-0.3, -0.25) is 0 Å². The molecule has 2 heterocycles. The van der Waals surface area contributed by atoms with E-state index in [1.807, 2.05) is 0 Å². The highest BCUT2D eigenvalue weighted by Crippen LogP contribution is 2.30. The molecular formula is C9H5Cl2FN2S. The number of thiophene rings is 1. The highest BCUT2D eigenvalue weighted by Gasteiger charge is 2.11. The number of aromatic nitrogens is 2. The normalized spacial score (nSPS) is 10.7. The highest BCUT2D eigenvalue weighted by molar-refractivity contribution is 7.19. The Morgan fingerprint density at radius 2 is 2.00 bits per heavy atom. The molecule has 0 spiro atoms. The minimum atomic E-state index is -0.580. The van der Waals surface area contributed by atoms with Crippen molar-refractivity contribution < 1.29 is 4.39 Å². The van der Waals surface area contributed by atoms with Gasteiger partial charge in [0, 0.05) is 0 Å². The summed E-state index contributed by atoms with van der Waals surface area (Å²) in [5, 5.41) is -0.165. The van der Waals surface area contributed by atoms with Gasteiger partial charge >= 0.3 is 0 Å². The van der Waals surface area contributed by atoms with Gasteiger partial charge in [-0.15, -0.1) is 11.3 Å². The van der Waals surface area contributed by atoms with E-state index >= 15 is 0 Å². The first-order valence-corrected chi connectivity index (χ1v) is 5.60. The predicted molar refractivity (Wildman–Crippen MR) is 60.1 cm³/mol. The average molecular weight is 263 g/mol. The van der Waals surface area contributed by atoms with E-state index in [0.717, 1.165) is 4.88 Å². The second kappa shape index (κ2) is 4.04. The van der Waals surface area contributed by atoms with Gasteiger partial charge in [-0.2, -0.15) is 0 Å². The van der Waals surface area contributed by atoms with Crippen LogP contribution < -0.4 is 0 Å². The average Bonchev–Trinajstić information content (AvgIpc) is 2.60. The van der Waals surface area contributed by atoms with Crippen molar-refractivity contribution in [3.8, 4) is 10.7 Å². The molecule has 0 bridgehead atoms. The summed E-state index contributed by atoms with van der Waals surface area (Å²) in [6.07, 6.45) is 0. The molecule has 0 amide bonds. The van der Waals surface area contributed by atoms with Gasteiger partial charge in [0.1, 0.15) is 0 Å². The largest absolute Gasteiger partial charge is 0.229 e. The van der Waals surface area contributed by atoms with E-state index in [1.165, 1.54) is 11.3 Å². The molecule has 2 nitrogen and oxygen atoms in total. The smallest absolute Gasteiger partial charge is 0.181 e. The van der Waals surface area contributed by atoms with Gasteiger partial charge < -0.3 is 0 Å². The molecule has 15 heavy (non-hydrogen) atoms. The monoisotopic (exact) mass is 262 g/mol. The molecule has 2 aromatic heterocycles. The molecule has 0 aromatic carbocycles.